The van der Waals surface area contributed by atoms with E-state index in [4.69, 9.17) is 5.11 Å². The monoisotopic (exact) mass is 263 g/mol. The summed E-state index contributed by atoms with van der Waals surface area (Å²) in [6, 6.07) is 4.09. The molecule has 0 radical (unpaired) electrons. The number of hydrogen-bond donors (Lipinski definition) is 2. The highest BCUT2D eigenvalue weighted by atomic mass is 16.4. The highest BCUT2D eigenvalue weighted by molar-refractivity contribution is 5.67. The maximum atomic E-state index is 11.1. The Labute approximate surface area is 111 Å². The van der Waals surface area contributed by atoms with Crippen LogP contribution in [0.4, 0.5) is 10.6 Å². The van der Waals surface area contributed by atoms with Gasteiger partial charge in [0.05, 0.1) is 18.3 Å². The van der Waals surface area contributed by atoms with Gasteiger partial charge in [0.2, 0.25) is 0 Å². The molecule has 0 saturated carbocycles. The molecule has 2 aliphatic rings. The van der Waals surface area contributed by atoms with Crippen molar-refractivity contribution in [1.29, 1.82) is 0 Å². The van der Waals surface area contributed by atoms with Gasteiger partial charge in [-0.2, -0.15) is 0 Å². The van der Waals surface area contributed by atoms with Crippen molar-refractivity contribution < 1.29 is 15.0 Å². The van der Waals surface area contributed by atoms with Crippen molar-refractivity contribution in [2.24, 2.45) is 0 Å². The Kier molecular flexibility index (Phi) is 2.82. The molecule has 102 valence electrons. The predicted octanol–water partition coefficient (Wildman–Crippen LogP) is 0.687. The van der Waals surface area contributed by atoms with E-state index in [1.807, 2.05) is 19.1 Å². The SMILES string of the molecule is CC1CN(C(=O)O)CC2Cc3ccc(CO)nc3N12. The topological polar surface area (TPSA) is 76.9 Å². The van der Waals surface area contributed by atoms with Crippen LogP contribution >= 0.6 is 0 Å². The average Bonchev–Trinajstić information content (AvgIpc) is 2.76. The van der Waals surface area contributed by atoms with Crippen LogP contribution in [-0.4, -0.2) is 51.4 Å². The number of anilines is 1. The number of amides is 1. The number of nitrogens with zero attached hydrogens (tertiary/aromatic N) is 3. The Morgan fingerprint density at radius 1 is 1.47 bits per heavy atom. The zero-order valence-corrected chi connectivity index (χ0v) is 10.8. The molecular weight excluding hydrogens is 246 g/mol. The van der Waals surface area contributed by atoms with Gasteiger partial charge in [-0.1, -0.05) is 6.07 Å². The first-order chi connectivity index (χ1) is 9.10. The van der Waals surface area contributed by atoms with Crippen LogP contribution in [0.15, 0.2) is 12.1 Å². The average molecular weight is 263 g/mol. The minimum Gasteiger partial charge on any atom is -0.465 e. The summed E-state index contributed by atoms with van der Waals surface area (Å²) in [6.45, 7) is 2.96. The van der Waals surface area contributed by atoms with Crippen molar-refractivity contribution in [2.75, 3.05) is 18.0 Å². The quantitative estimate of drug-likeness (QED) is 0.779. The lowest BCUT2D eigenvalue weighted by Crippen LogP contribution is -2.58. The zero-order valence-electron chi connectivity index (χ0n) is 10.8. The van der Waals surface area contributed by atoms with Crippen LogP contribution in [0.25, 0.3) is 0 Å². The van der Waals surface area contributed by atoms with Crippen LogP contribution in [0, 0.1) is 0 Å². The number of fused-ring (bicyclic) bond motifs is 3. The summed E-state index contributed by atoms with van der Waals surface area (Å²) >= 11 is 0. The van der Waals surface area contributed by atoms with E-state index in [2.05, 4.69) is 9.88 Å². The van der Waals surface area contributed by atoms with Crippen molar-refractivity contribution in [3.05, 3.63) is 23.4 Å². The molecule has 0 aliphatic carbocycles. The van der Waals surface area contributed by atoms with E-state index in [-0.39, 0.29) is 18.7 Å². The fraction of sp³-hybridized carbons (Fsp3) is 0.538. The number of aliphatic hydroxyl groups is 1. The summed E-state index contributed by atoms with van der Waals surface area (Å²) in [4.78, 5) is 19.3. The normalized spacial score (nSPS) is 25.2. The van der Waals surface area contributed by atoms with Crippen molar-refractivity contribution in [3.8, 4) is 0 Å². The smallest absolute Gasteiger partial charge is 0.407 e. The zero-order chi connectivity index (χ0) is 13.6. The number of carboxylic acid groups (broad SMARTS) is 1. The van der Waals surface area contributed by atoms with Gasteiger partial charge in [-0.3, -0.25) is 0 Å². The van der Waals surface area contributed by atoms with Crippen molar-refractivity contribution >= 4 is 11.9 Å². The summed E-state index contributed by atoms with van der Waals surface area (Å²) in [5, 5.41) is 18.3. The molecule has 1 amide bonds. The Morgan fingerprint density at radius 2 is 2.26 bits per heavy atom. The minimum atomic E-state index is -0.855. The summed E-state index contributed by atoms with van der Waals surface area (Å²) in [5.41, 5.74) is 1.80. The van der Waals surface area contributed by atoms with E-state index in [0.29, 0.717) is 18.8 Å². The number of pyridine rings is 1. The molecule has 1 aromatic heterocycles. The summed E-state index contributed by atoms with van der Waals surface area (Å²) in [7, 11) is 0. The van der Waals surface area contributed by atoms with Crippen LogP contribution in [0.5, 0.6) is 0 Å². The van der Waals surface area contributed by atoms with E-state index in [0.717, 1.165) is 17.8 Å². The minimum absolute atomic E-state index is 0.0680. The van der Waals surface area contributed by atoms with E-state index in [1.165, 1.54) is 4.90 Å². The van der Waals surface area contributed by atoms with Crippen LogP contribution in [-0.2, 0) is 13.0 Å². The lowest BCUT2D eigenvalue weighted by atomic mass is 10.1. The first-order valence-electron chi connectivity index (χ1n) is 6.46. The second kappa shape index (κ2) is 4.38. The molecule has 6 heteroatoms. The van der Waals surface area contributed by atoms with E-state index in [1.54, 1.807) is 0 Å². The molecule has 1 saturated heterocycles. The molecule has 2 atom stereocenters. The number of hydrogen-bond acceptors (Lipinski definition) is 4. The Bertz CT molecular complexity index is 520. The summed E-state index contributed by atoms with van der Waals surface area (Å²) < 4.78 is 0. The Morgan fingerprint density at radius 3 is 2.95 bits per heavy atom. The van der Waals surface area contributed by atoms with Crippen LogP contribution in [0.2, 0.25) is 0 Å². The van der Waals surface area contributed by atoms with Gasteiger partial charge >= 0.3 is 6.09 Å². The fourth-order valence-electron chi connectivity index (χ4n) is 3.13. The number of aromatic nitrogens is 1. The molecule has 0 spiro atoms. The number of aliphatic hydroxyl groups excluding tert-OH is 1. The third kappa shape index (κ3) is 1.92. The first-order valence-corrected chi connectivity index (χ1v) is 6.46. The van der Waals surface area contributed by atoms with Crippen LogP contribution < -0.4 is 4.90 Å². The van der Waals surface area contributed by atoms with Crippen LogP contribution in [0.3, 0.4) is 0 Å². The van der Waals surface area contributed by atoms with E-state index < -0.39 is 6.09 Å². The summed E-state index contributed by atoms with van der Waals surface area (Å²) in [5.74, 6) is 0.911. The molecule has 2 unspecified atom stereocenters. The standard InChI is InChI=1S/C13H17N3O3/c1-8-5-15(13(18)19)6-11-4-9-2-3-10(7-17)14-12(9)16(8)11/h2-3,8,11,17H,4-7H2,1H3,(H,18,19). The Hall–Kier alpha value is -1.82. The first kappa shape index (κ1) is 12.2. The van der Waals surface area contributed by atoms with Gasteiger partial charge in [-0.05, 0) is 25.0 Å². The number of carbonyl (C=O) groups is 1. The van der Waals surface area contributed by atoms with Gasteiger partial charge in [0, 0.05) is 19.1 Å². The highest BCUT2D eigenvalue weighted by Crippen LogP contribution is 2.35. The largest absolute Gasteiger partial charge is 0.465 e. The van der Waals surface area contributed by atoms with Gasteiger partial charge < -0.3 is 20.0 Å². The Balaban J connectivity index is 1.92. The molecule has 0 bridgehead atoms. The van der Waals surface area contributed by atoms with Crippen molar-refractivity contribution in [1.82, 2.24) is 9.88 Å². The van der Waals surface area contributed by atoms with Gasteiger partial charge in [-0.25, -0.2) is 9.78 Å². The molecule has 2 aliphatic heterocycles. The van der Waals surface area contributed by atoms with Crippen molar-refractivity contribution in [2.45, 2.75) is 32.0 Å². The third-order valence-corrected chi connectivity index (χ3v) is 3.93. The van der Waals surface area contributed by atoms with Gasteiger partial charge in [0.25, 0.3) is 0 Å². The maximum Gasteiger partial charge on any atom is 0.407 e. The molecule has 2 N–H and O–H groups in total. The second-order valence-electron chi connectivity index (χ2n) is 5.25. The molecule has 19 heavy (non-hydrogen) atoms. The lowest BCUT2D eigenvalue weighted by molar-refractivity contribution is 0.128. The fourth-order valence-corrected chi connectivity index (χ4v) is 3.13. The second-order valence-corrected chi connectivity index (χ2v) is 5.25. The highest BCUT2D eigenvalue weighted by Gasteiger charge is 2.40. The van der Waals surface area contributed by atoms with E-state index in [9.17, 15) is 9.90 Å². The number of piperazine rings is 1. The van der Waals surface area contributed by atoms with Gasteiger partial charge in [0.1, 0.15) is 5.82 Å². The number of rotatable bonds is 1. The maximum absolute atomic E-state index is 11.1. The lowest BCUT2D eigenvalue weighted by Gasteiger charge is -2.42. The molecule has 6 nitrogen and oxygen atoms in total. The van der Waals surface area contributed by atoms with Gasteiger partial charge in [-0.15, -0.1) is 0 Å². The van der Waals surface area contributed by atoms with E-state index >= 15 is 0 Å². The molecular formula is C13H17N3O3. The van der Waals surface area contributed by atoms with Crippen molar-refractivity contribution in [3.63, 3.8) is 0 Å². The van der Waals surface area contributed by atoms with Gasteiger partial charge in [0.15, 0.2) is 0 Å². The predicted molar refractivity (Wildman–Crippen MR) is 69.2 cm³/mol. The molecule has 0 aromatic carbocycles. The third-order valence-electron chi connectivity index (χ3n) is 3.93. The molecule has 3 heterocycles. The molecule has 1 aromatic rings. The molecule has 3 rings (SSSR count). The van der Waals surface area contributed by atoms with Crippen LogP contribution in [0.1, 0.15) is 18.2 Å². The summed E-state index contributed by atoms with van der Waals surface area (Å²) in [6.07, 6.45) is -0.0335. The molecule has 1 fully saturated rings.